The third kappa shape index (κ3) is 16.4. The van der Waals surface area contributed by atoms with Gasteiger partial charge >= 0.3 is 17.9 Å². The van der Waals surface area contributed by atoms with Crippen LogP contribution < -0.4 is 0 Å². The number of aliphatic hydroxyl groups excluding tert-OH is 1. The maximum Gasteiger partial charge on any atom is 0.337 e. The van der Waals surface area contributed by atoms with Crippen LogP contribution in [0.1, 0.15) is 39.5 Å². The second kappa shape index (κ2) is 17.4. The Morgan fingerprint density at radius 1 is 1.15 bits per heavy atom. The topological polar surface area (TPSA) is 110 Å². The van der Waals surface area contributed by atoms with Crippen LogP contribution in [-0.4, -0.2) is 47.9 Å². The predicted octanol–water partition coefficient (Wildman–Crippen LogP) is 2.65. The number of carboxylic acids is 1. The smallest absolute Gasteiger partial charge is 0.337 e. The van der Waals surface area contributed by atoms with Crippen molar-refractivity contribution in [2.24, 2.45) is 5.92 Å². The standard InChI is InChI=1S/C14H22O4.C5H8O3/c1-4-6-7-12(5-2)10-18-14(17)11(3)8-9-13(15)16;1-2-5(7)8-4-3-6/h8-9,12H,3-7,10H2,1-2H3,(H,15,16);2,6H,1,3-4H2. The quantitative estimate of drug-likeness (QED) is 0.309. The van der Waals surface area contributed by atoms with Crippen molar-refractivity contribution in [3.63, 3.8) is 0 Å². The van der Waals surface area contributed by atoms with Gasteiger partial charge in [0, 0.05) is 12.2 Å². The first kappa shape index (κ1) is 25.8. The minimum absolute atomic E-state index is 0.0465. The zero-order valence-electron chi connectivity index (χ0n) is 15.6. The van der Waals surface area contributed by atoms with Gasteiger partial charge in [0.2, 0.25) is 0 Å². The Kier molecular flexibility index (Phi) is 17.3. The average Bonchev–Trinajstić information content (AvgIpc) is 2.64. The monoisotopic (exact) mass is 370 g/mol. The van der Waals surface area contributed by atoms with E-state index in [4.69, 9.17) is 14.9 Å². The molecule has 0 spiro atoms. The van der Waals surface area contributed by atoms with Gasteiger partial charge in [-0.15, -0.1) is 0 Å². The summed E-state index contributed by atoms with van der Waals surface area (Å²) in [5, 5.41) is 16.5. The van der Waals surface area contributed by atoms with E-state index in [1.807, 2.05) is 0 Å². The predicted molar refractivity (Wildman–Crippen MR) is 98.4 cm³/mol. The third-order valence-corrected chi connectivity index (χ3v) is 3.18. The van der Waals surface area contributed by atoms with E-state index in [1.54, 1.807) is 0 Å². The normalized spacial score (nSPS) is 11.0. The number of aliphatic hydroxyl groups is 1. The molecular weight excluding hydrogens is 340 g/mol. The van der Waals surface area contributed by atoms with Crippen LogP contribution >= 0.6 is 0 Å². The Morgan fingerprint density at radius 2 is 1.81 bits per heavy atom. The maximum absolute atomic E-state index is 11.5. The Bertz CT molecular complexity index is 480. The minimum atomic E-state index is -1.11. The summed E-state index contributed by atoms with van der Waals surface area (Å²) < 4.78 is 9.44. The molecule has 1 atom stereocenters. The zero-order chi connectivity index (χ0) is 20.4. The van der Waals surface area contributed by atoms with Gasteiger partial charge in [-0.05, 0) is 18.4 Å². The summed E-state index contributed by atoms with van der Waals surface area (Å²) in [6, 6.07) is 0. The highest BCUT2D eigenvalue weighted by atomic mass is 16.5. The number of unbranched alkanes of at least 4 members (excludes halogenated alkanes) is 1. The van der Waals surface area contributed by atoms with Gasteiger partial charge in [-0.2, -0.15) is 0 Å². The SMILES string of the molecule is C=C(C=CC(=O)O)C(=O)OCC(CC)CCCC.C=CC(=O)OCCO. The van der Waals surface area contributed by atoms with Crippen molar-refractivity contribution >= 4 is 17.9 Å². The number of carboxylic acid groups (broad SMARTS) is 1. The number of esters is 2. The second-order valence-electron chi connectivity index (χ2n) is 5.31. The Balaban J connectivity index is 0. The first-order valence-corrected chi connectivity index (χ1v) is 8.49. The highest BCUT2D eigenvalue weighted by Gasteiger charge is 2.11. The summed E-state index contributed by atoms with van der Waals surface area (Å²) in [6.45, 7) is 11.1. The van der Waals surface area contributed by atoms with E-state index in [0.29, 0.717) is 12.5 Å². The first-order chi connectivity index (χ1) is 12.3. The lowest BCUT2D eigenvalue weighted by Crippen LogP contribution is -2.14. The highest BCUT2D eigenvalue weighted by molar-refractivity contribution is 5.93. The number of rotatable bonds is 12. The zero-order valence-corrected chi connectivity index (χ0v) is 15.6. The van der Waals surface area contributed by atoms with Gasteiger partial charge in [0.15, 0.2) is 0 Å². The number of ether oxygens (including phenoxy) is 2. The lowest BCUT2D eigenvalue weighted by atomic mass is 10.0. The summed E-state index contributed by atoms with van der Waals surface area (Å²) in [5.74, 6) is -1.80. The van der Waals surface area contributed by atoms with E-state index < -0.39 is 17.9 Å². The van der Waals surface area contributed by atoms with Gasteiger partial charge in [0.05, 0.1) is 18.8 Å². The Morgan fingerprint density at radius 3 is 2.27 bits per heavy atom. The molecular formula is C19H30O7. The Labute approximate surface area is 155 Å². The molecule has 2 N–H and O–H groups in total. The van der Waals surface area contributed by atoms with Gasteiger partial charge in [0.25, 0.3) is 0 Å². The second-order valence-corrected chi connectivity index (χ2v) is 5.31. The molecule has 0 saturated carbocycles. The Hall–Kier alpha value is -2.41. The summed E-state index contributed by atoms with van der Waals surface area (Å²) in [6.07, 6.45) is 7.32. The van der Waals surface area contributed by atoms with Crippen molar-refractivity contribution < 1.29 is 34.1 Å². The first-order valence-electron chi connectivity index (χ1n) is 8.49. The summed E-state index contributed by atoms with van der Waals surface area (Å²) in [5.41, 5.74) is 0.0581. The average molecular weight is 370 g/mol. The van der Waals surface area contributed by atoms with Crippen molar-refractivity contribution in [2.45, 2.75) is 39.5 Å². The molecule has 0 radical (unpaired) electrons. The fraction of sp³-hybridized carbons (Fsp3) is 0.526. The lowest BCUT2D eigenvalue weighted by molar-refractivity contribution is -0.140. The molecule has 0 aliphatic heterocycles. The van der Waals surface area contributed by atoms with Crippen LogP contribution in [0.4, 0.5) is 0 Å². The van der Waals surface area contributed by atoms with E-state index in [0.717, 1.165) is 43.9 Å². The minimum Gasteiger partial charge on any atom is -0.478 e. The van der Waals surface area contributed by atoms with Crippen LogP contribution in [-0.2, 0) is 23.9 Å². The fourth-order valence-electron chi connectivity index (χ4n) is 1.63. The van der Waals surface area contributed by atoms with Crippen molar-refractivity contribution in [3.8, 4) is 0 Å². The van der Waals surface area contributed by atoms with Gasteiger partial charge < -0.3 is 19.7 Å². The van der Waals surface area contributed by atoms with Crippen LogP contribution in [0, 0.1) is 5.92 Å². The molecule has 0 fully saturated rings. The molecule has 0 heterocycles. The van der Waals surface area contributed by atoms with Gasteiger partial charge in [-0.3, -0.25) is 0 Å². The van der Waals surface area contributed by atoms with Crippen LogP contribution in [0.15, 0.2) is 37.0 Å². The molecule has 0 aliphatic rings. The summed E-state index contributed by atoms with van der Waals surface area (Å²) in [4.78, 5) is 31.9. The third-order valence-electron chi connectivity index (χ3n) is 3.18. The molecule has 0 saturated heterocycles. The summed E-state index contributed by atoms with van der Waals surface area (Å²) >= 11 is 0. The van der Waals surface area contributed by atoms with Crippen molar-refractivity contribution in [2.75, 3.05) is 19.8 Å². The fourth-order valence-corrected chi connectivity index (χ4v) is 1.63. The van der Waals surface area contributed by atoms with Crippen LogP contribution in [0.5, 0.6) is 0 Å². The largest absolute Gasteiger partial charge is 0.478 e. The molecule has 0 amide bonds. The van der Waals surface area contributed by atoms with Crippen LogP contribution in [0.25, 0.3) is 0 Å². The number of aliphatic carboxylic acids is 1. The van der Waals surface area contributed by atoms with E-state index in [1.165, 1.54) is 0 Å². The van der Waals surface area contributed by atoms with Crippen LogP contribution in [0.3, 0.4) is 0 Å². The molecule has 0 aromatic rings. The molecule has 1 unspecified atom stereocenters. The van der Waals surface area contributed by atoms with Crippen molar-refractivity contribution in [1.82, 2.24) is 0 Å². The molecule has 0 aromatic heterocycles. The van der Waals surface area contributed by atoms with E-state index in [-0.39, 0.29) is 18.8 Å². The van der Waals surface area contributed by atoms with Crippen molar-refractivity contribution in [3.05, 3.63) is 37.0 Å². The number of hydrogen-bond donors (Lipinski definition) is 2. The van der Waals surface area contributed by atoms with Gasteiger partial charge in [0.1, 0.15) is 6.61 Å². The van der Waals surface area contributed by atoms with E-state index in [9.17, 15) is 14.4 Å². The molecule has 0 aliphatic carbocycles. The molecule has 7 heteroatoms. The molecule has 26 heavy (non-hydrogen) atoms. The van der Waals surface area contributed by atoms with E-state index >= 15 is 0 Å². The van der Waals surface area contributed by atoms with Crippen molar-refractivity contribution in [1.29, 1.82) is 0 Å². The maximum atomic E-state index is 11.5. The number of hydrogen-bond acceptors (Lipinski definition) is 6. The lowest BCUT2D eigenvalue weighted by Gasteiger charge is -2.14. The molecule has 0 rings (SSSR count). The molecule has 7 nitrogen and oxygen atoms in total. The number of carbonyl (C=O) groups excluding carboxylic acids is 2. The highest BCUT2D eigenvalue weighted by Crippen LogP contribution is 2.13. The van der Waals surface area contributed by atoms with Gasteiger partial charge in [-0.1, -0.05) is 46.3 Å². The molecule has 0 bridgehead atoms. The van der Waals surface area contributed by atoms with E-state index in [2.05, 4.69) is 31.7 Å². The summed E-state index contributed by atoms with van der Waals surface area (Å²) in [7, 11) is 0. The number of carbonyl (C=O) groups is 3. The van der Waals surface area contributed by atoms with Gasteiger partial charge in [-0.25, -0.2) is 14.4 Å². The molecule has 148 valence electrons. The molecule has 0 aromatic carbocycles. The van der Waals surface area contributed by atoms with Crippen LogP contribution in [0.2, 0.25) is 0 Å².